The zero-order valence-electron chi connectivity index (χ0n) is 15.7. The Morgan fingerprint density at radius 3 is 2.14 bits per heavy atom. The fourth-order valence-corrected chi connectivity index (χ4v) is 4.34. The largest absolute Gasteiger partial charge is 0.440 e. The van der Waals surface area contributed by atoms with Crippen LogP contribution in [0.1, 0.15) is 43.9 Å². The molecule has 6 heteroatoms. The molecule has 1 fully saturated rings. The van der Waals surface area contributed by atoms with E-state index in [2.05, 4.69) is 0 Å². The van der Waals surface area contributed by atoms with Crippen LogP contribution in [0.15, 0.2) is 57.8 Å². The predicted octanol–water partition coefficient (Wildman–Crippen LogP) is 5.60. The Hall–Kier alpha value is -2.47. The Morgan fingerprint density at radius 1 is 0.929 bits per heavy atom. The lowest BCUT2D eigenvalue weighted by atomic mass is 9.89. The molecular formula is C22H22FNO3S. The molecule has 0 atom stereocenters. The third-order valence-electron chi connectivity index (χ3n) is 5.26. The van der Waals surface area contributed by atoms with Gasteiger partial charge in [0.1, 0.15) is 11.5 Å². The second kappa shape index (κ2) is 7.51. The molecule has 4 rings (SSSR count). The molecule has 1 aromatic heterocycles. The molecule has 0 aliphatic heterocycles. The molecule has 0 saturated heterocycles. The first kappa shape index (κ1) is 18.9. The van der Waals surface area contributed by atoms with Gasteiger partial charge in [0.2, 0.25) is 0 Å². The molecule has 0 spiro atoms. The van der Waals surface area contributed by atoms with Crippen molar-refractivity contribution in [1.82, 2.24) is 4.98 Å². The van der Waals surface area contributed by atoms with Crippen LogP contribution in [-0.4, -0.2) is 19.7 Å². The Morgan fingerprint density at radius 2 is 1.54 bits per heavy atom. The average Bonchev–Trinajstić information content (AvgIpc) is 3.14. The van der Waals surface area contributed by atoms with E-state index in [-0.39, 0.29) is 16.6 Å². The summed E-state index contributed by atoms with van der Waals surface area (Å²) >= 11 is 0. The number of halogens is 1. The fraction of sp³-hybridized carbons (Fsp3) is 0.318. The number of sulfone groups is 1. The summed E-state index contributed by atoms with van der Waals surface area (Å²) in [6.07, 6.45) is 6.85. The van der Waals surface area contributed by atoms with Gasteiger partial charge in [0.05, 0.1) is 4.90 Å². The van der Waals surface area contributed by atoms with Crippen LogP contribution in [0.5, 0.6) is 0 Å². The van der Waals surface area contributed by atoms with Crippen molar-refractivity contribution in [3.63, 3.8) is 0 Å². The van der Waals surface area contributed by atoms with E-state index >= 15 is 0 Å². The maximum absolute atomic E-state index is 13.4. The first-order valence-electron chi connectivity index (χ1n) is 9.49. The SMILES string of the molecule is CS(=O)(=O)c1ccc(-c2oc(C3CCCCC3)nc2-c2ccc(F)cc2)cc1. The number of nitrogens with zero attached hydrogens (tertiary/aromatic N) is 1. The van der Waals surface area contributed by atoms with Crippen molar-refractivity contribution in [2.24, 2.45) is 0 Å². The second-order valence-corrected chi connectivity index (χ2v) is 9.38. The zero-order valence-corrected chi connectivity index (χ0v) is 16.5. The van der Waals surface area contributed by atoms with Gasteiger partial charge in [0.15, 0.2) is 21.5 Å². The lowest BCUT2D eigenvalue weighted by molar-refractivity contribution is 0.367. The molecule has 0 amide bonds. The maximum Gasteiger partial charge on any atom is 0.198 e. The van der Waals surface area contributed by atoms with Crippen LogP contribution in [-0.2, 0) is 9.84 Å². The lowest BCUT2D eigenvalue weighted by Crippen LogP contribution is -2.04. The van der Waals surface area contributed by atoms with Gasteiger partial charge >= 0.3 is 0 Å². The van der Waals surface area contributed by atoms with Crippen LogP contribution >= 0.6 is 0 Å². The van der Waals surface area contributed by atoms with Crippen LogP contribution in [0.3, 0.4) is 0 Å². The second-order valence-electron chi connectivity index (χ2n) is 7.37. The maximum atomic E-state index is 13.4. The van der Waals surface area contributed by atoms with Gasteiger partial charge in [0.25, 0.3) is 0 Å². The number of rotatable bonds is 4. The first-order chi connectivity index (χ1) is 13.4. The van der Waals surface area contributed by atoms with Gasteiger partial charge in [-0.05, 0) is 61.4 Å². The Balaban J connectivity index is 1.79. The van der Waals surface area contributed by atoms with E-state index in [4.69, 9.17) is 9.40 Å². The van der Waals surface area contributed by atoms with Gasteiger partial charge in [0, 0.05) is 23.3 Å². The summed E-state index contributed by atoms with van der Waals surface area (Å²) in [6, 6.07) is 12.8. The molecule has 1 heterocycles. The third kappa shape index (κ3) is 3.87. The van der Waals surface area contributed by atoms with Gasteiger partial charge < -0.3 is 4.42 Å². The Labute approximate surface area is 164 Å². The van der Waals surface area contributed by atoms with Crippen molar-refractivity contribution in [1.29, 1.82) is 0 Å². The normalized spacial score (nSPS) is 15.6. The number of oxazole rings is 1. The van der Waals surface area contributed by atoms with Crippen molar-refractivity contribution in [3.05, 3.63) is 60.2 Å². The molecule has 3 aromatic rings. The van der Waals surface area contributed by atoms with Crippen LogP contribution in [0.25, 0.3) is 22.6 Å². The van der Waals surface area contributed by atoms with E-state index in [1.807, 2.05) is 0 Å². The third-order valence-corrected chi connectivity index (χ3v) is 6.39. The van der Waals surface area contributed by atoms with E-state index in [0.717, 1.165) is 36.8 Å². The molecular weight excluding hydrogens is 377 g/mol. The highest BCUT2D eigenvalue weighted by atomic mass is 32.2. The summed E-state index contributed by atoms with van der Waals surface area (Å²) in [5.41, 5.74) is 2.18. The zero-order chi connectivity index (χ0) is 19.7. The molecule has 2 aromatic carbocycles. The van der Waals surface area contributed by atoms with Crippen LogP contribution in [0.2, 0.25) is 0 Å². The first-order valence-corrected chi connectivity index (χ1v) is 11.4. The minimum atomic E-state index is -3.27. The number of aromatic nitrogens is 1. The van der Waals surface area contributed by atoms with E-state index in [0.29, 0.717) is 17.3 Å². The molecule has 0 bridgehead atoms. The topological polar surface area (TPSA) is 60.2 Å². The number of benzene rings is 2. The Bertz CT molecular complexity index is 1060. The van der Waals surface area contributed by atoms with Gasteiger partial charge in [-0.1, -0.05) is 19.3 Å². The van der Waals surface area contributed by atoms with Crippen LogP contribution in [0, 0.1) is 5.82 Å². The quantitative estimate of drug-likeness (QED) is 0.573. The summed E-state index contributed by atoms with van der Waals surface area (Å²) < 4.78 is 43.1. The molecule has 0 unspecified atom stereocenters. The molecule has 1 saturated carbocycles. The van der Waals surface area contributed by atoms with Gasteiger partial charge in [-0.2, -0.15) is 0 Å². The fourth-order valence-electron chi connectivity index (χ4n) is 3.71. The van der Waals surface area contributed by atoms with E-state index in [1.165, 1.54) is 24.8 Å². The van der Waals surface area contributed by atoms with Gasteiger partial charge in [-0.15, -0.1) is 0 Å². The van der Waals surface area contributed by atoms with Crippen LogP contribution < -0.4 is 0 Å². The number of hydrogen-bond donors (Lipinski definition) is 0. The molecule has 1 aliphatic carbocycles. The van der Waals surface area contributed by atoms with Gasteiger partial charge in [-0.25, -0.2) is 17.8 Å². The van der Waals surface area contributed by atoms with Crippen molar-refractivity contribution in [2.45, 2.75) is 42.9 Å². The highest BCUT2D eigenvalue weighted by molar-refractivity contribution is 7.90. The molecule has 4 nitrogen and oxygen atoms in total. The lowest BCUT2D eigenvalue weighted by Gasteiger charge is -2.17. The van der Waals surface area contributed by atoms with Crippen molar-refractivity contribution < 1.29 is 17.2 Å². The molecule has 146 valence electrons. The van der Waals surface area contributed by atoms with Crippen molar-refractivity contribution >= 4 is 9.84 Å². The highest BCUT2D eigenvalue weighted by Gasteiger charge is 2.24. The Kier molecular flexibility index (Phi) is 5.06. The molecule has 0 N–H and O–H groups in total. The molecule has 1 aliphatic rings. The summed E-state index contributed by atoms with van der Waals surface area (Å²) in [7, 11) is -3.27. The molecule has 28 heavy (non-hydrogen) atoms. The smallest absolute Gasteiger partial charge is 0.198 e. The summed E-state index contributed by atoms with van der Waals surface area (Å²) in [5.74, 6) is 1.28. The van der Waals surface area contributed by atoms with E-state index in [9.17, 15) is 12.8 Å². The van der Waals surface area contributed by atoms with Crippen molar-refractivity contribution in [3.8, 4) is 22.6 Å². The van der Waals surface area contributed by atoms with Crippen LogP contribution in [0.4, 0.5) is 4.39 Å². The minimum Gasteiger partial charge on any atom is -0.440 e. The highest BCUT2D eigenvalue weighted by Crippen LogP contribution is 2.39. The monoisotopic (exact) mass is 399 g/mol. The predicted molar refractivity (Wildman–Crippen MR) is 106 cm³/mol. The minimum absolute atomic E-state index is 0.256. The van der Waals surface area contributed by atoms with E-state index < -0.39 is 9.84 Å². The summed E-state index contributed by atoms with van der Waals surface area (Å²) in [5, 5.41) is 0. The molecule has 0 radical (unpaired) electrons. The van der Waals surface area contributed by atoms with E-state index in [1.54, 1.807) is 36.4 Å². The number of hydrogen-bond acceptors (Lipinski definition) is 4. The van der Waals surface area contributed by atoms with Crippen molar-refractivity contribution in [2.75, 3.05) is 6.26 Å². The van der Waals surface area contributed by atoms with Gasteiger partial charge in [-0.3, -0.25) is 0 Å². The summed E-state index contributed by atoms with van der Waals surface area (Å²) in [6.45, 7) is 0. The average molecular weight is 399 g/mol. The standard InChI is InChI=1S/C22H22FNO3S/c1-28(25,26)19-13-9-16(10-14-19)21-20(15-7-11-18(23)12-8-15)24-22(27-21)17-5-3-2-4-6-17/h7-14,17H,2-6H2,1H3. The summed E-state index contributed by atoms with van der Waals surface area (Å²) in [4.78, 5) is 5.03.